The number of benzene rings is 2. The molecule has 3 rings (SSSR count). The summed E-state index contributed by atoms with van der Waals surface area (Å²) in [6.45, 7) is 1.16. The summed E-state index contributed by atoms with van der Waals surface area (Å²) in [5.41, 5.74) is 4.02. The molecule has 2 aromatic carbocycles. The fourth-order valence-corrected chi connectivity index (χ4v) is 2.67. The molecule has 0 unspecified atom stereocenters. The third kappa shape index (κ3) is 3.37. The van der Waals surface area contributed by atoms with Crippen molar-refractivity contribution in [2.45, 2.75) is 25.3 Å². The lowest BCUT2D eigenvalue weighted by molar-refractivity contribution is 0.412. The molecule has 1 aliphatic heterocycles. The van der Waals surface area contributed by atoms with Crippen LogP contribution in [0.25, 0.3) is 11.1 Å². The summed E-state index contributed by atoms with van der Waals surface area (Å²) in [4.78, 5) is 0. The van der Waals surface area contributed by atoms with Crippen molar-refractivity contribution >= 4 is 12.4 Å². The van der Waals surface area contributed by atoms with Crippen molar-refractivity contribution in [3.8, 4) is 11.1 Å². The standard InChI is InChI=1S/C17H19N.ClH/c1-2-6-14(7-3-1)15-9-11-16(12-10-15)17-8-4-5-13-18-17;/h1-3,6-7,9-12,17-18H,4-5,8,13H2;1H/t17-;/m1./s1. The zero-order chi connectivity index (χ0) is 12.2. The van der Waals surface area contributed by atoms with Crippen LogP contribution in [0.15, 0.2) is 54.6 Å². The molecule has 0 saturated carbocycles. The molecule has 2 heteroatoms. The Morgan fingerprint density at radius 3 is 2.11 bits per heavy atom. The minimum atomic E-state index is 0. The fraction of sp³-hybridized carbons (Fsp3) is 0.294. The monoisotopic (exact) mass is 273 g/mol. The lowest BCUT2D eigenvalue weighted by Crippen LogP contribution is -2.26. The predicted molar refractivity (Wildman–Crippen MR) is 83.7 cm³/mol. The first-order valence-corrected chi connectivity index (χ1v) is 6.82. The summed E-state index contributed by atoms with van der Waals surface area (Å²) in [6, 6.07) is 20.1. The number of hydrogen-bond donors (Lipinski definition) is 1. The Bertz CT molecular complexity index is 486. The molecule has 0 spiro atoms. The van der Waals surface area contributed by atoms with Crippen molar-refractivity contribution in [3.63, 3.8) is 0 Å². The molecule has 1 N–H and O–H groups in total. The second-order valence-corrected chi connectivity index (χ2v) is 4.99. The summed E-state index contributed by atoms with van der Waals surface area (Å²) in [6.07, 6.45) is 3.93. The molecule has 0 aromatic heterocycles. The molecule has 0 amide bonds. The average molecular weight is 274 g/mol. The first kappa shape index (κ1) is 14.1. The lowest BCUT2D eigenvalue weighted by atomic mass is 9.95. The molecule has 19 heavy (non-hydrogen) atoms. The van der Waals surface area contributed by atoms with Gasteiger partial charge in [0, 0.05) is 6.04 Å². The van der Waals surface area contributed by atoms with Crippen molar-refractivity contribution in [2.75, 3.05) is 6.54 Å². The van der Waals surface area contributed by atoms with Gasteiger partial charge in [0.05, 0.1) is 0 Å². The van der Waals surface area contributed by atoms with E-state index < -0.39 is 0 Å². The molecule has 1 nitrogen and oxygen atoms in total. The van der Waals surface area contributed by atoms with Crippen LogP contribution in [-0.4, -0.2) is 6.54 Å². The second-order valence-electron chi connectivity index (χ2n) is 4.99. The van der Waals surface area contributed by atoms with E-state index >= 15 is 0 Å². The smallest absolute Gasteiger partial charge is 0.0320 e. The molecule has 1 heterocycles. The van der Waals surface area contributed by atoms with E-state index in [1.807, 2.05) is 0 Å². The Morgan fingerprint density at radius 1 is 0.789 bits per heavy atom. The first-order valence-electron chi connectivity index (χ1n) is 6.82. The van der Waals surface area contributed by atoms with Gasteiger partial charge in [0.2, 0.25) is 0 Å². The maximum atomic E-state index is 3.59. The topological polar surface area (TPSA) is 12.0 Å². The van der Waals surface area contributed by atoms with Crippen LogP contribution in [0.1, 0.15) is 30.9 Å². The van der Waals surface area contributed by atoms with E-state index in [0.717, 1.165) is 6.54 Å². The van der Waals surface area contributed by atoms with Crippen LogP contribution < -0.4 is 5.32 Å². The zero-order valence-corrected chi connectivity index (χ0v) is 11.8. The third-order valence-corrected chi connectivity index (χ3v) is 3.73. The van der Waals surface area contributed by atoms with Gasteiger partial charge >= 0.3 is 0 Å². The number of rotatable bonds is 2. The summed E-state index contributed by atoms with van der Waals surface area (Å²) in [5, 5.41) is 3.59. The molecule has 0 aliphatic carbocycles. The Morgan fingerprint density at radius 2 is 1.47 bits per heavy atom. The van der Waals surface area contributed by atoms with Gasteiger partial charge in [-0.05, 0) is 36.1 Å². The highest BCUT2D eigenvalue weighted by atomic mass is 35.5. The Kier molecular flexibility index (Phi) is 5.00. The average Bonchev–Trinajstić information content (AvgIpc) is 2.49. The molecular weight excluding hydrogens is 254 g/mol. The molecule has 1 atom stereocenters. The van der Waals surface area contributed by atoms with Crippen molar-refractivity contribution in [3.05, 3.63) is 60.2 Å². The van der Waals surface area contributed by atoms with Gasteiger partial charge in [-0.2, -0.15) is 0 Å². The molecule has 2 aromatic rings. The van der Waals surface area contributed by atoms with Gasteiger partial charge in [-0.1, -0.05) is 61.0 Å². The summed E-state index contributed by atoms with van der Waals surface area (Å²) in [5.74, 6) is 0. The van der Waals surface area contributed by atoms with Crippen molar-refractivity contribution in [1.29, 1.82) is 0 Å². The van der Waals surface area contributed by atoms with Gasteiger partial charge in [0.1, 0.15) is 0 Å². The van der Waals surface area contributed by atoms with E-state index in [9.17, 15) is 0 Å². The highest BCUT2D eigenvalue weighted by Gasteiger charge is 2.14. The van der Waals surface area contributed by atoms with Crippen molar-refractivity contribution < 1.29 is 0 Å². The van der Waals surface area contributed by atoms with E-state index in [1.54, 1.807) is 0 Å². The van der Waals surface area contributed by atoms with E-state index in [2.05, 4.69) is 59.9 Å². The largest absolute Gasteiger partial charge is 0.310 e. The van der Waals surface area contributed by atoms with Crippen LogP contribution in [-0.2, 0) is 0 Å². The number of nitrogens with one attached hydrogen (secondary N) is 1. The highest BCUT2D eigenvalue weighted by Crippen LogP contribution is 2.25. The Hall–Kier alpha value is -1.31. The minimum absolute atomic E-state index is 0. The van der Waals surface area contributed by atoms with Crippen LogP contribution in [0.2, 0.25) is 0 Å². The van der Waals surface area contributed by atoms with Crippen LogP contribution >= 0.6 is 12.4 Å². The van der Waals surface area contributed by atoms with E-state index in [4.69, 9.17) is 0 Å². The Balaban J connectivity index is 0.00000133. The van der Waals surface area contributed by atoms with Crippen LogP contribution in [0, 0.1) is 0 Å². The molecule has 0 bridgehead atoms. The molecule has 100 valence electrons. The van der Waals surface area contributed by atoms with Gasteiger partial charge < -0.3 is 5.32 Å². The van der Waals surface area contributed by atoms with Gasteiger partial charge in [-0.3, -0.25) is 0 Å². The van der Waals surface area contributed by atoms with E-state index in [0.29, 0.717) is 6.04 Å². The summed E-state index contributed by atoms with van der Waals surface area (Å²) in [7, 11) is 0. The van der Waals surface area contributed by atoms with Crippen LogP contribution in [0.3, 0.4) is 0 Å². The number of halogens is 1. The third-order valence-electron chi connectivity index (χ3n) is 3.73. The summed E-state index contributed by atoms with van der Waals surface area (Å²) >= 11 is 0. The molecule has 1 aliphatic rings. The highest BCUT2D eigenvalue weighted by molar-refractivity contribution is 5.85. The van der Waals surface area contributed by atoms with Gasteiger partial charge in [0.15, 0.2) is 0 Å². The van der Waals surface area contributed by atoms with Gasteiger partial charge in [-0.15, -0.1) is 12.4 Å². The van der Waals surface area contributed by atoms with E-state index in [1.165, 1.54) is 36.0 Å². The minimum Gasteiger partial charge on any atom is -0.310 e. The van der Waals surface area contributed by atoms with Crippen LogP contribution in [0.5, 0.6) is 0 Å². The maximum Gasteiger partial charge on any atom is 0.0320 e. The van der Waals surface area contributed by atoms with Gasteiger partial charge in [0.25, 0.3) is 0 Å². The van der Waals surface area contributed by atoms with E-state index in [-0.39, 0.29) is 12.4 Å². The fourth-order valence-electron chi connectivity index (χ4n) is 2.67. The predicted octanol–water partition coefficient (Wildman–Crippen LogP) is 4.59. The molecule has 1 saturated heterocycles. The molecule has 1 fully saturated rings. The zero-order valence-electron chi connectivity index (χ0n) is 11.0. The van der Waals surface area contributed by atoms with Crippen molar-refractivity contribution in [2.24, 2.45) is 0 Å². The lowest BCUT2D eigenvalue weighted by Gasteiger charge is -2.24. The SMILES string of the molecule is Cl.c1ccc(-c2ccc([C@H]3CCCCN3)cc2)cc1. The Labute approximate surface area is 121 Å². The van der Waals surface area contributed by atoms with Crippen molar-refractivity contribution in [1.82, 2.24) is 5.32 Å². The number of hydrogen-bond acceptors (Lipinski definition) is 1. The second kappa shape index (κ2) is 6.74. The molecule has 0 radical (unpaired) electrons. The van der Waals surface area contributed by atoms with Crippen LogP contribution in [0.4, 0.5) is 0 Å². The normalized spacial score (nSPS) is 18.6. The summed E-state index contributed by atoms with van der Waals surface area (Å²) < 4.78 is 0. The maximum absolute atomic E-state index is 3.59. The number of piperidine rings is 1. The first-order chi connectivity index (χ1) is 8.93. The molecular formula is C17H20ClN. The van der Waals surface area contributed by atoms with Gasteiger partial charge in [-0.25, -0.2) is 0 Å². The quantitative estimate of drug-likeness (QED) is 0.844.